The standard InChI is InChI=1S/C12H14N4OS/c1-8(9-6-14-15-7-9)16-11(17)10-4-3-5-13-12(10)18-2/h3-8H,1-2H3,(H,14,15)(H,16,17). The molecule has 6 heteroatoms. The molecule has 0 aliphatic rings. The van der Waals surface area contributed by atoms with Gasteiger partial charge in [-0.2, -0.15) is 5.10 Å². The Labute approximate surface area is 109 Å². The molecule has 0 aromatic carbocycles. The van der Waals surface area contributed by atoms with E-state index in [9.17, 15) is 4.79 Å². The van der Waals surface area contributed by atoms with Crippen molar-refractivity contribution >= 4 is 17.7 Å². The zero-order valence-corrected chi connectivity index (χ0v) is 11.0. The largest absolute Gasteiger partial charge is 0.345 e. The summed E-state index contributed by atoms with van der Waals surface area (Å²) in [7, 11) is 0. The Morgan fingerprint density at radius 2 is 2.39 bits per heavy atom. The average Bonchev–Trinajstić information content (AvgIpc) is 2.92. The van der Waals surface area contributed by atoms with E-state index >= 15 is 0 Å². The van der Waals surface area contributed by atoms with Crippen LogP contribution < -0.4 is 5.32 Å². The Bertz CT molecular complexity index is 527. The molecule has 0 saturated carbocycles. The van der Waals surface area contributed by atoms with Crippen LogP contribution in [0.25, 0.3) is 0 Å². The lowest BCUT2D eigenvalue weighted by molar-refractivity contribution is 0.0936. The van der Waals surface area contributed by atoms with Gasteiger partial charge in [-0.25, -0.2) is 4.98 Å². The fraction of sp³-hybridized carbons (Fsp3) is 0.250. The molecule has 2 rings (SSSR count). The Hall–Kier alpha value is -1.82. The second-order valence-corrected chi connectivity index (χ2v) is 4.58. The summed E-state index contributed by atoms with van der Waals surface area (Å²) in [6.07, 6.45) is 7.05. The summed E-state index contributed by atoms with van der Waals surface area (Å²) < 4.78 is 0. The maximum atomic E-state index is 12.1. The van der Waals surface area contributed by atoms with E-state index in [1.165, 1.54) is 11.8 Å². The summed E-state index contributed by atoms with van der Waals surface area (Å²) in [6, 6.07) is 3.44. The predicted octanol–water partition coefficient (Wildman–Crippen LogP) is 2.02. The molecule has 1 unspecified atom stereocenters. The van der Waals surface area contributed by atoms with Crippen molar-refractivity contribution in [3.8, 4) is 0 Å². The number of nitrogens with one attached hydrogen (secondary N) is 2. The van der Waals surface area contributed by atoms with Crippen molar-refractivity contribution in [2.24, 2.45) is 0 Å². The summed E-state index contributed by atoms with van der Waals surface area (Å²) in [5.74, 6) is -0.124. The first-order valence-electron chi connectivity index (χ1n) is 5.51. The van der Waals surface area contributed by atoms with Crippen LogP contribution in [0.4, 0.5) is 0 Å². The van der Waals surface area contributed by atoms with E-state index in [4.69, 9.17) is 0 Å². The predicted molar refractivity (Wildman–Crippen MR) is 70.5 cm³/mol. The van der Waals surface area contributed by atoms with Gasteiger partial charge in [-0.15, -0.1) is 11.8 Å². The first-order valence-corrected chi connectivity index (χ1v) is 6.73. The minimum absolute atomic E-state index is 0.0915. The summed E-state index contributed by atoms with van der Waals surface area (Å²) in [6.45, 7) is 1.91. The molecule has 0 spiro atoms. The van der Waals surface area contributed by atoms with E-state index in [2.05, 4.69) is 20.5 Å². The highest BCUT2D eigenvalue weighted by molar-refractivity contribution is 7.98. The quantitative estimate of drug-likeness (QED) is 0.827. The van der Waals surface area contributed by atoms with Crippen molar-refractivity contribution in [1.29, 1.82) is 0 Å². The summed E-state index contributed by atoms with van der Waals surface area (Å²) in [5.41, 5.74) is 1.54. The average molecular weight is 262 g/mol. The Morgan fingerprint density at radius 3 is 3.06 bits per heavy atom. The van der Waals surface area contributed by atoms with Crippen LogP contribution in [0.5, 0.6) is 0 Å². The second kappa shape index (κ2) is 5.68. The van der Waals surface area contributed by atoms with Gasteiger partial charge in [-0.3, -0.25) is 9.89 Å². The van der Waals surface area contributed by atoms with Crippen molar-refractivity contribution in [2.75, 3.05) is 6.26 Å². The number of aromatic nitrogens is 3. The monoisotopic (exact) mass is 262 g/mol. The van der Waals surface area contributed by atoms with Crippen LogP contribution in [0.2, 0.25) is 0 Å². The number of nitrogens with zero attached hydrogens (tertiary/aromatic N) is 2. The number of H-pyrrole nitrogens is 1. The van der Waals surface area contributed by atoms with Gasteiger partial charge in [-0.1, -0.05) is 0 Å². The lowest BCUT2D eigenvalue weighted by atomic mass is 10.2. The molecule has 2 heterocycles. The van der Waals surface area contributed by atoms with Crippen molar-refractivity contribution in [1.82, 2.24) is 20.5 Å². The topological polar surface area (TPSA) is 70.7 Å². The molecular weight excluding hydrogens is 248 g/mol. The molecule has 18 heavy (non-hydrogen) atoms. The number of thioether (sulfide) groups is 1. The lowest BCUT2D eigenvalue weighted by Crippen LogP contribution is -2.27. The number of aromatic amines is 1. The molecule has 2 aromatic rings. The molecule has 94 valence electrons. The van der Waals surface area contributed by atoms with Crippen LogP contribution >= 0.6 is 11.8 Å². The molecule has 0 saturated heterocycles. The van der Waals surface area contributed by atoms with Gasteiger partial charge in [0.05, 0.1) is 17.8 Å². The number of amides is 1. The maximum absolute atomic E-state index is 12.1. The molecule has 1 atom stereocenters. The minimum atomic E-state index is -0.124. The fourth-order valence-corrected chi connectivity index (χ4v) is 2.13. The summed E-state index contributed by atoms with van der Waals surface area (Å²) in [4.78, 5) is 16.3. The van der Waals surface area contributed by atoms with Crippen LogP contribution in [-0.4, -0.2) is 27.3 Å². The van der Waals surface area contributed by atoms with E-state index in [1.807, 2.05) is 13.2 Å². The Kier molecular flexibility index (Phi) is 3.99. The van der Waals surface area contributed by atoms with Crippen molar-refractivity contribution in [2.45, 2.75) is 18.0 Å². The van der Waals surface area contributed by atoms with Crippen LogP contribution in [-0.2, 0) is 0 Å². The van der Waals surface area contributed by atoms with Crippen LogP contribution in [0.3, 0.4) is 0 Å². The first-order chi connectivity index (χ1) is 8.72. The molecule has 5 nitrogen and oxygen atoms in total. The van der Waals surface area contributed by atoms with E-state index in [1.54, 1.807) is 30.7 Å². The molecule has 0 bridgehead atoms. The van der Waals surface area contributed by atoms with E-state index in [0.717, 1.165) is 10.6 Å². The van der Waals surface area contributed by atoms with Crippen LogP contribution in [0.15, 0.2) is 35.7 Å². The number of carbonyl (C=O) groups is 1. The lowest BCUT2D eigenvalue weighted by Gasteiger charge is -2.13. The van der Waals surface area contributed by atoms with Crippen LogP contribution in [0.1, 0.15) is 28.9 Å². The number of hydrogen-bond donors (Lipinski definition) is 2. The Balaban J connectivity index is 2.12. The molecule has 2 aromatic heterocycles. The fourth-order valence-electron chi connectivity index (χ4n) is 1.58. The molecule has 2 N–H and O–H groups in total. The molecule has 0 fully saturated rings. The zero-order valence-electron chi connectivity index (χ0n) is 10.2. The first kappa shape index (κ1) is 12.6. The molecular formula is C12H14N4OS. The van der Waals surface area contributed by atoms with Gasteiger partial charge < -0.3 is 5.32 Å². The van der Waals surface area contributed by atoms with Gasteiger partial charge in [-0.05, 0) is 25.3 Å². The number of carbonyl (C=O) groups excluding carboxylic acids is 1. The normalized spacial score (nSPS) is 12.1. The highest BCUT2D eigenvalue weighted by Crippen LogP contribution is 2.18. The van der Waals surface area contributed by atoms with Gasteiger partial charge in [0.25, 0.3) is 5.91 Å². The SMILES string of the molecule is CSc1ncccc1C(=O)NC(C)c1cn[nH]c1. The smallest absolute Gasteiger partial charge is 0.254 e. The van der Waals surface area contributed by atoms with Gasteiger partial charge in [0, 0.05) is 18.0 Å². The maximum Gasteiger partial charge on any atom is 0.254 e. The highest BCUT2D eigenvalue weighted by Gasteiger charge is 2.15. The van der Waals surface area contributed by atoms with Gasteiger partial charge in [0.2, 0.25) is 0 Å². The Morgan fingerprint density at radius 1 is 1.56 bits per heavy atom. The van der Waals surface area contributed by atoms with Crippen molar-refractivity contribution in [3.63, 3.8) is 0 Å². The number of rotatable bonds is 4. The third-order valence-electron chi connectivity index (χ3n) is 2.58. The summed E-state index contributed by atoms with van der Waals surface area (Å²) in [5, 5.41) is 10.2. The van der Waals surface area contributed by atoms with Gasteiger partial charge in [0.1, 0.15) is 5.03 Å². The molecule has 1 amide bonds. The molecule has 0 aliphatic heterocycles. The third-order valence-corrected chi connectivity index (χ3v) is 3.29. The third kappa shape index (κ3) is 2.70. The van der Waals surface area contributed by atoms with Gasteiger partial charge in [0.15, 0.2) is 0 Å². The van der Waals surface area contributed by atoms with Gasteiger partial charge >= 0.3 is 0 Å². The van der Waals surface area contributed by atoms with Crippen molar-refractivity contribution in [3.05, 3.63) is 41.9 Å². The second-order valence-electron chi connectivity index (χ2n) is 3.79. The van der Waals surface area contributed by atoms with E-state index in [-0.39, 0.29) is 11.9 Å². The molecule has 0 aliphatic carbocycles. The number of pyridine rings is 1. The highest BCUT2D eigenvalue weighted by atomic mass is 32.2. The number of hydrogen-bond acceptors (Lipinski definition) is 4. The zero-order chi connectivity index (χ0) is 13.0. The summed E-state index contributed by atoms with van der Waals surface area (Å²) >= 11 is 1.46. The minimum Gasteiger partial charge on any atom is -0.345 e. The van der Waals surface area contributed by atoms with E-state index in [0.29, 0.717) is 5.56 Å². The van der Waals surface area contributed by atoms with Crippen molar-refractivity contribution < 1.29 is 4.79 Å². The van der Waals surface area contributed by atoms with E-state index < -0.39 is 0 Å². The van der Waals surface area contributed by atoms with Crippen LogP contribution in [0, 0.1) is 0 Å². The molecule has 0 radical (unpaired) electrons.